The summed E-state index contributed by atoms with van der Waals surface area (Å²) in [6.07, 6.45) is 0.681. The van der Waals surface area contributed by atoms with Gasteiger partial charge in [0.05, 0.1) is 6.61 Å². The van der Waals surface area contributed by atoms with E-state index in [1.165, 1.54) is 6.07 Å². The molecule has 1 saturated heterocycles. The van der Waals surface area contributed by atoms with Crippen molar-refractivity contribution in [3.63, 3.8) is 0 Å². The lowest BCUT2D eigenvalue weighted by Crippen LogP contribution is -2.56. The quantitative estimate of drug-likeness (QED) is 0.854. The minimum Gasteiger partial charge on any atom is -0.360 e. The van der Waals surface area contributed by atoms with E-state index >= 15 is 0 Å². The van der Waals surface area contributed by atoms with Crippen molar-refractivity contribution in [2.75, 3.05) is 13.2 Å². The van der Waals surface area contributed by atoms with Gasteiger partial charge in [0.1, 0.15) is 11.5 Å². The van der Waals surface area contributed by atoms with Gasteiger partial charge < -0.3 is 4.74 Å². The van der Waals surface area contributed by atoms with Crippen LogP contribution in [0.25, 0.3) is 0 Å². The average Bonchev–Trinajstić information content (AvgIpc) is 2.24. The second-order valence-corrected chi connectivity index (χ2v) is 5.84. The molecular formula is C14H20FNO. The number of halogens is 1. The van der Waals surface area contributed by atoms with Crippen LogP contribution in [0, 0.1) is 11.2 Å². The first-order valence-electron chi connectivity index (χ1n) is 6.02. The Morgan fingerprint density at radius 1 is 1.35 bits per heavy atom. The van der Waals surface area contributed by atoms with E-state index in [0.29, 0.717) is 6.42 Å². The summed E-state index contributed by atoms with van der Waals surface area (Å²) < 4.78 is 19.0. The molecule has 1 aliphatic heterocycles. The molecule has 17 heavy (non-hydrogen) atoms. The molecule has 1 heterocycles. The molecule has 0 radical (unpaired) electrons. The van der Waals surface area contributed by atoms with Gasteiger partial charge in [0.2, 0.25) is 0 Å². The maximum absolute atomic E-state index is 13.1. The topological polar surface area (TPSA) is 21.3 Å². The van der Waals surface area contributed by atoms with Crippen LogP contribution in [0.2, 0.25) is 0 Å². The molecule has 94 valence electrons. The maximum atomic E-state index is 13.1. The standard InChI is InChI=1S/C14H20FNO/c1-13(2)9-16-14(3,17-10-13)8-11-5-4-6-12(15)7-11/h4-7,16H,8-10H2,1-3H3. The first kappa shape index (κ1) is 12.5. The van der Waals surface area contributed by atoms with E-state index in [-0.39, 0.29) is 17.0 Å². The molecule has 0 bridgehead atoms. The van der Waals surface area contributed by atoms with Crippen LogP contribution in [-0.4, -0.2) is 18.9 Å². The summed E-state index contributed by atoms with van der Waals surface area (Å²) in [7, 11) is 0. The second kappa shape index (κ2) is 4.39. The number of benzene rings is 1. The van der Waals surface area contributed by atoms with Gasteiger partial charge >= 0.3 is 0 Å². The van der Waals surface area contributed by atoms with E-state index in [1.807, 2.05) is 13.0 Å². The second-order valence-electron chi connectivity index (χ2n) is 5.84. The van der Waals surface area contributed by atoms with Gasteiger partial charge in [0.15, 0.2) is 0 Å². The molecule has 0 saturated carbocycles. The highest BCUT2D eigenvalue weighted by atomic mass is 19.1. The average molecular weight is 237 g/mol. The zero-order valence-electron chi connectivity index (χ0n) is 10.7. The first-order chi connectivity index (χ1) is 7.89. The fraction of sp³-hybridized carbons (Fsp3) is 0.571. The van der Waals surface area contributed by atoms with Gasteiger partial charge in [-0.1, -0.05) is 26.0 Å². The van der Waals surface area contributed by atoms with Crippen molar-refractivity contribution in [3.8, 4) is 0 Å². The van der Waals surface area contributed by atoms with Gasteiger partial charge in [-0.3, -0.25) is 5.32 Å². The van der Waals surface area contributed by atoms with E-state index in [9.17, 15) is 4.39 Å². The predicted molar refractivity (Wildman–Crippen MR) is 66.2 cm³/mol. The van der Waals surface area contributed by atoms with E-state index in [1.54, 1.807) is 12.1 Å². The van der Waals surface area contributed by atoms with Crippen LogP contribution in [0.4, 0.5) is 4.39 Å². The Balaban J connectivity index is 2.04. The van der Waals surface area contributed by atoms with E-state index in [0.717, 1.165) is 18.7 Å². The number of hydrogen-bond donors (Lipinski definition) is 1. The Kier molecular flexibility index (Phi) is 3.23. The van der Waals surface area contributed by atoms with Crippen LogP contribution < -0.4 is 5.32 Å². The molecule has 0 aliphatic carbocycles. The summed E-state index contributed by atoms with van der Waals surface area (Å²) >= 11 is 0. The third-order valence-corrected chi connectivity index (χ3v) is 3.15. The molecule has 1 fully saturated rings. The van der Waals surface area contributed by atoms with E-state index < -0.39 is 0 Å². The summed E-state index contributed by atoms with van der Waals surface area (Å²) in [5.74, 6) is -0.192. The van der Waals surface area contributed by atoms with Crippen molar-refractivity contribution >= 4 is 0 Å². The van der Waals surface area contributed by atoms with Gasteiger partial charge in [-0.2, -0.15) is 0 Å². The molecule has 0 spiro atoms. The number of hydrogen-bond acceptors (Lipinski definition) is 2. The Labute approximate surface area is 102 Å². The minimum atomic E-state index is -0.386. The van der Waals surface area contributed by atoms with Crippen LogP contribution in [0.1, 0.15) is 26.3 Å². The van der Waals surface area contributed by atoms with Crippen molar-refractivity contribution in [2.24, 2.45) is 5.41 Å². The fourth-order valence-corrected chi connectivity index (χ4v) is 2.03. The van der Waals surface area contributed by atoms with Gasteiger partial charge in [-0.15, -0.1) is 0 Å². The van der Waals surface area contributed by atoms with E-state index in [4.69, 9.17) is 4.74 Å². The zero-order valence-corrected chi connectivity index (χ0v) is 10.7. The molecule has 0 aromatic heterocycles. The molecule has 1 unspecified atom stereocenters. The molecular weight excluding hydrogens is 217 g/mol. The van der Waals surface area contributed by atoms with Gasteiger partial charge in [0, 0.05) is 18.4 Å². The van der Waals surface area contributed by atoms with Crippen molar-refractivity contribution in [1.29, 1.82) is 0 Å². The largest absolute Gasteiger partial charge is 0.360 e. The molecule has 1 N–H and O–H groups in total. The Bertz CT molecular complexity index is 393. The Morgan fingerprint density at radius 3 is 2.71 bits per heavy atom. The molecule has 1 aromatic rings. The number of ether oxygens (including phenoxy) is 1. The molecule has 2 nitrogen and oxygen atoms in total. The highest BCUT2D eigenvalue weighted by molar-refractivity contribution is 5.18. The highest BCUT2D eigenvalue weighted by Gasteiger charge is 2.35. The lowest BCUT2D eigenvalue weighted by atomic mass is 9.90. The SMILES string of the molecule is CC1(C)CNC(C)(Cc2cccc(F)c2)OC1. The summed E-state index contributed by atoms with van der Waals surface area (Å²) in [4.78, 5) is 0. The lowest BCUT2D eigenvalue weighted by molar-refractivity contribution is -0.125. The molecule has 3 heteroatoms. The Hall–Kier alpha value is -0.930. The third kappa shape index (κ3) is 3.27. The monoisotopic (exact) mass is 237 g/mol. The fourth-order valence-electron chi connectivity index (χ4n) is 2.03. The van der Waals surface area contributed by atoms with E-state index in [2.05, 4.69) is 19.2 Å². The van der Waals surface area contributed by atoms with Crippen molar-refractivity contribution in [1.82, 2.24) is 5.32 Å². The molecule has 0 amide bonds. The van der Waals surface area contributed by atoms with Gasteiger partial charge in [-0.25, -0.2) is 4.39 Å². The van der Waals surface area contributed by atoms with Gasteiger partial charge in [-0.05, 0) is 24.6 Å². The van der Waals surface area contributed by atoms with Crippen LogP contribution in [0.3, 0.4) is 0 Å². The molecule has 2 rings (SSSR count). The predicted octanol–water partition coefficient (Wildman–Crippen LogP) is 2.73. The maximum Gasteiger partial charge on any atom is 0.123 e. The number of nitrogens with one attached hydrogen (secondary N) is 1. The molecule has 1 aromatic carbocycles. The van der Waals surface area contributed by atoms with Crippen LogP contribution in [-0.2, 0) is 11.2 Å². The molecule has 1 aliphatic rings. The van der Waals surface area contributed by atoms with Crippen molar-refractivity contribution in [2.45, 2.75) is 32.9 Å². The zero-order chi connectivity index (χ0) is 12.5. The summed E-state index contributed by atoms with van der Waals surface area (Å²) in [5.41, 5.74) is 0.741. The lowest BCUT2D eigenvalue weighted by Gasteiger charge is -2.42. The third-order valence-electron chi connectivity index (χ3n) is 3.15. The first-order valence-corrected chi connectivity index (χ1v) is 6.02. The highest BCUT2D eigenvalue weighted by Crippen LogP contribution is 2.26. The normalized spacial score (nSPS) is 28.0. The smallest absolute Gasteiger partial charge is 0.123 e. The summed E-state index contributed by atoms with van der Waals surface area (Å²) in [6, 6.07) is 6.69. The summed E-state index contributed by atoms with van der Waals surface area (Å²) in [6.45, 7) is 8.00. The van der Waals surface area contributed by atoms with Crippen LogP contribution in [0.15, 0.2) is 24.3 Å². The van der Waals surface area contributed by atoms with Gasteiger partial charge in [0.25, 0.3) is 0 Å². The number of rotatable bonds is 2. The van der Waals surface area contributed by atoms with Crippen molar-refractivity contribution < 1.29 is 9.13 Å². The summed E-state index contributed by atoms with van der Waals surface area (Å²) in [5, 5.41) is 3.41. The Morgan fingerprint density at radius 2 is 2.12 bits per heavy atom. The van der Waals surface area contributed by atoms with Crippen LogP contribution >= 0.6 is 0 Å². The molecule has 1 atom stereocenters. The van der Waals surface area contributed by atoms with Crippen molar-refractivity contribution in [3.05, 3.63) is 35.6 Å². The van der Waals surface area contributed by atoms with Crippen LogP contribution in [0.5, 0.6) is 0 Å². The minimum absolute atomic E-state index is 0.168.